The van der Waals surface area contributed by atoms with Gasteiger partial charge in [-0.25, -0.2) is 0 Å². The lowest BCUT2D eigenvalue weighted by Crippen LogP contribution is -2.21. The van der Waals surface area contributed by atoms with Crippen molar-refractivity contribution < 1.29 is 4.79 Å². The minimum atomic E-state index is 0.158. The summed E-state index contributed by atoms with van der Waals surface area (Å²) in [4.78, 5) is 13.0. The van der Waals surface area contributed by atoms with Gasteiger partial charge in [-0.2, -0.15) is 0 Å². The second-order valence-electron chi connectivity index (χ2n) is 5.02. The van der Waals surface area contributed by atoms with Crippen LogP contribution in [-0.4, -0.2) is 45.9 Å². The van der Waals surface area contributed by atoms with Gasteiger partial charge >= 0.3 is 0 Å². The zero-order valence-corrected chi connectivity index (χ0v) is 11.1. The zero-order chi connectivity index (χ0) is 13.0. The van der Waals surface area contributed by atoms with E-state index in [2.05, 4.69) is 15.6 Å². The summed E-state index contributed by atoms with van der Waals surface area (Å²) in [6.07, 6.45) is 5.87. The Morgan fingerprint density at radius 2 is 2.33 bits per heavy atom. The molecule has 1 aliphatic carbocycles. The van der Waals surface area contributed by atoms with Crippen LogP contribution in [0, 0.1) is 0 Å². The van der Waals surface area contributed by atoms with Crippen LogP contribution in [0.2, 0.25) is 0 Å². The first kappa shape index (κ1) is 13.0. The van der Waals surface area contributed by atoms with Gasteiger partial charge in [-0.15, -0.1) is 5.10 Å². The molecule has 0 bridgehead atoms. The highest BCUT2D eigenvalue weighted by molar-refractivity contribution is 5.75. The Kier molecular flexibility index (Phi) is 4.30. The van der Waals surface area contributed by atoms with E-state index in [1.807, 2.05) is 10.9 Å². The third-order valence-corrected chi connectivity index (χ3v) is 3.01. The molecule has 0 radical (unpaired) electrons. The van der Waals surface area contributed by atoms with E-state index in [-0.39, 0.29) is 5.91 Å². The number of hydrogen-bond donors (Lipinski definition) is 1. The molecule has 1 fully saturated rings. The molecular formula is C12H21N5O. The van der Waals surface area contributed by atoms with Gasteiger partial charge in [-0.1, -0.05) is 5.21 Å². The van der Waals surface area contributed by atoms with Crippen LogP contribution in [0.15, 0.2) is 6.20 Å². The van der Waals surface area contributed by atoms with Gasteiger partial charge in [-0.05, 0) is 19.3 Å². The first-order chi connectivity index (χ1) is 8.65. The van der Waals surface area contributed by atoms with E-state index in [1.165, 1.54) is 12.8 Å². The molecule has 0 spiro atoms. The van der Waals surface area contributed by atoms with Crippen molar-refractivity contribution in [2.24, 2.45) is 0 Å². The highest BCUT2D eigenvalue weighted by atomic mass is 16.2. The summed E-state index contributed by atoms with van der Waals surface area (Å²) in [6.45, 7) is 1.54. The fourth-order valence-corrected chi connectivity index (χ4v) is 1.68. The molecule has 0 atom stereocenters. The molecule has 0 aliphatic heterocycles. The van der Waals surface area contributed by atoms with Crippen LogP contribution in [-0.2, 0) is 17.9 Å². The minimum absolute atomic E-state index is 0.158. The van der Waals surface area contributed by atoms with Crippen molar-refractivity contribution in [1.29, 1.82) is 0 Å². The third kappa shape index (κ3) is 4.10. The Bertz CT molecular complexity index is 397. The van der Waals surface area contributed by atoms with Crippen molar-refractivity contribution >= 4 is 5.91 Å². The van der Waals surface area contributed by atoms with Crippen LogP contribution in [0.3, 0.4) is 0 Å². The Hall–Kier alpha value is -1.43. The van der Waals surface area contributed by atoms with Gasteiger partial charge in [0.05, 0.1) is 5.69 Å². The second-order valence-corrected chi connectivity index (χ2v) is 5.02. The quantitative estimate of drug-likeness (QED) is 0.762. The molecule has 100 valence electrons. The number of rotatable bonds is 7. The average molecular weight is 251 g/mol. The van der Waals surface area contributed by atoms with E-state index < -0.39 is 0 Å². The molecule has 0 aromatic carbocycles. The average Bonchev–Trinajstić information content (AvgIpc) is 3.06. The molecule has 1 saturated carbocycles. The third-order valence-electron chi connectivity index (χ3n) is 3.01. The van der Waals surface area contributed by atoms with Crippen molar-refractivity contribution in [2.75, 3.05) is 14.1 Å². The number of aryl methyl sites for hydroxylation is 1. The monoisotopic (exact) mass is 251 g/mol. The molecule has 2 rings (SSSR count). The Labute approximate surface area is 107 Å². The number of nitrogens with zero attached hydrogens (tertiary/aromatic N) is 4. The molecule has 6 heteroatoms. The second kappa shape index (κ2) is 5.95. The van der Waals surface area contributed by atoms with Gasteiger partial charge in [0, 0.05) is 45.8 Å². The van der Waals surface area contributed by atoms with Crippen molar-refractivity contribution in [3.8, 4) is 0 Å². The van der Waals surface area contributed by atoms with Crippen LogP contribution < -0.4 is 5.32 Å². The summed E-state index contributed by atoms with van der Waals surface area (Å²) < 4.78 is 1.81. The van der Waals surface area contributed by atoms with E-state index in [9.17, 15) is 4.79 Å². The van der Waals surface area contributed by atoms with E-state index in [0.717, 1.165) is 25.2 Å². The molecule has 18 heavy (non-hydrogen) atoms. The molecule has 1 N–H and O–H groups in total. The van der Waals surface area contributed by atoms with Gasteiger partial charge in [0.2, 0.25) is 5.91 Å². The van der Waals surface area contributed by atoms with E-state index >= 15 is 0 Å². The summed E-state index contributed by atoms with van der Waals surface area (Å²) in [6, 6.07) is 0.688. The Morgan fingerprint density at radius 3 is 3.00 bits per heavy atom. The van der Waals surface area contributed by atoms with E-state index in [1.54, 1.807) is 19.0 Å². The summed E-state index contributed by atoms with van der Waals surface area (Å²) in [5, 5.41) is 11.6. The first-order valence-corrected chi connectivity index (χ1v) is 6.47. The number of amides is 1. The minimum Gasteiger partial charge on any atom is -0.349 e. The van der Waals surface area contributed by atoms with Crippen molar-refractivity contribution in [3.05, 3.63) is 11.9 Å². The molecule has 0 unspecified atom stereocenters. The van der Waals surface area contributed by atoms with Crippen LogP contribution in [0.4, 0.5) is 0 Å². The van der Waals surface area contributed by atoms with Crippen LogP contribution in [0.1, 0.15) is 31.4 Å². The molecule has 1 aromatic heterocycles. The molecule has 1 aromatic rings. The molecule has 1 aliphatic rings. The normalized spacial score (nSPS) is 14.8. The van der Waals surface area contributed by atoms with E-state index in [0.29, 0.717) is 12.5 Å². The van der Waals surface area contributed by atoms with Crippen LogP contribution in [0.5, 0.6) is 0 Å². The number of nitrogens with one attached hydrogen (secondary N) is 1. The molecule has 1 amide bonds. The molecular weight excluding hydrogens is 230 g/mol. The predicted molar refractivity (Wildman–Crippen MR) is 67.8 cm³/mol. The maximum atomic E-state index is 11.4. The summed E-state index contributed by atoms with van der Waals surface area (Å²) in [7, 11) is 3.55. The van der Waals surface area contributed by atoms with Crippen LogP contribution >= 0.6 is 0 Å². The van der Waals surface area contributed by atoms with Crippen LogP contribution in [0.25, 0.3) is 0 Å². The maximum absolute atomic E-state index is 11.4. The van der Waals surface area contributed by atoms with Crippen molar-refractivity contribution in [1.82, 2.24) is 25.2 Å². The number of hydrogen-bond acceptors (Lipinski definition) is 4. The highest BCUT2D eigenvalue weighted by Crippen LogP contribution is 2.18. The summed E-state index contributed by atoms with van der Waals surface area (Å²) in [5.41, 5.74) is 0.973. The Morgan fingerprint density at radius 1 is 1.56 bits per heavy atom. The zero-order valence-electron chi connectivity index (χ0n) is 11.1. The van der Waals surface area contributed by atoms with Gasteiger partial charge in [0.15, 0.2) is 0 Å². The maximum Gasteiger partial charge on any atom is 0.222 e. The van der Waals surface area contributed by atoms with E-state index in [4.69, 9.17) is 0 Å². The fourth-order valence-electron chi connectivity index (χ4n) is 1.68. The number of carbonyl (C=O) groups is 1. The predicted octanol–water partition coefficient (Wildman–Crippen LogP) is 0.398. The number of aromatic nitrogens is 3. The van der Waals surface area contributed by atoms with Gasteiger partial charge in [0.25, 0.3) is 0 Å². The first-order valence-electron chi connectivity index (χ1n) is 6.47. The van der Waals surface area contributed by atoms with Crippen molar-refractivity contribution in [2.45, 2.75) is 44.8 Å². The van der Waals surface area contributed by atoms with Gasteiger partial charge in [-0.3, -0.25) is 9.48 Å². The molecule has 0 saturated heterocycles. The van der Waals surface area contributed by atoms with Gasteiger partial charge < -0.3 is 10.2 Å². The lowest BCUT2D eigenvalue weighted by molar-refractivity contribution is -0.128. The van der Waals surface area contributed by atoms with Crippen molar-refractivity contribution in [3.63, 3.8) is 0 Å². The topological polar surface area (TPSA) is 63.1 Å². The lowest BCUT2D eigenvalue weighted by Gasteiger charge is -2.09. The SMILES string of the molecule is CN(C)C(=O)CCCn1cc(CNC2CC2)nn1. The molecule has 6 nitrogen and oxygen atoms in total. The fraction of sp³-hybridized carbons (Fsp3) is 0.750. The molecule has 1 heterocycles. The summed E-state index contributed by atoms with van der Waals surface area (Å²) in [5.74, 6) is 0.158. The lowest BCUT2D eigenvalue weighted by atomic mass is 10.3. The largest absolute Gasteiger partial charge is 0.349 e. The smallest absolute Gasteiger partial charge is 0.222 e. The summed E-state index contributed by atoms with van der Waals surface area (Å²) >= 11 is 0. The number of carbonyl (C=O) groups excluding carboxylic acids is 1. The standard InChI is InChI=1S/C12H21N5O/c1-16(2)12(18)4-3-7-17-9-11(14-15-17)8-13-10-5-6-10/h9-10,13H,3-8H2,1-2H3. The Balaban J connectivity index is 1.67. The van der Waals surface area contributed by atoms with Gasteiger partial charge in [0.1, 0.15) is 0 Å². The highest BCUT2D eigenvalue weighted by Gasteiger charge is 2.20.